The van der Waals surface area contributed by atoms with E-state index in [1.165, 1.54) is 26.0 Å². The van der Waals surface area contributed by atoms with Crippen molar-refractivity contribution in [2.75, 3.05) is 13.2 Å². The average molecular weight is 383 g/mol. The molecule has 1 aromatic carbocycles. The number of benzene rings is 1. The van der Waals surface area contributed by atoms with Gasteiger partial charge in [-0.05, 0) is 40.2 Å². The van der Waals surface area contributed by atoms with E-state index in [4.69, 9.17) is 14.2 Å². The normalized spacial score (nSPS) is 12.7. The Balaban J connectivity index is 3.40. The predicted octanol–water partition coefficient (Wildman–Crippen LogP) is 3.09. The summed E-state index contributed by atoms with van der Waals surface area (Å²) in [4.78, 5) is 37.0. The molecule has 0 heterocycles. The molecule has 1 atom stereocenters. The Bertz CT molecular complexity index is 638. The number of hydrogen-bond acceptors (Lipinski definition) is 6. The number of ether oxygens (including phenoxy) is 3. The van der Waals surface area contributed by atoms with Crippen molar-refractivity contribution in [3.05, 3.63) is 35.9 Å². The van der Waals surface area contributed by atoms with Gasteiger partial charge in [-0.25, -0.2) is 18.8 Å². The van der Waals surface area contributed by atoms with Crippen molar-refractivity contribution in [2.24, 2.45) is 0 Å². The van der Waals surface area contributed by atoms with Gasteiger partial charge >= 0.3 is 23.7 Å². The van der Waals surface area contributed by atoms with Crippen LogP contribution in [0.25, 0.3) is 0 Å². The quantitative estimate of drug-likeness (QED) is 0.442. The molecule has 0 aliphatic carbocycles. The summed E-state index contributed by atoms with van der Waals surface area (Å²) in [5.74, 6) is -2.90. The van der Waals surface area contributed by atoms with Crippen LogP contribution < -0.4 is 5.32 Å². The van der Waals surface area contributed by atoms with E-state index in [9.17, 15) is 14.4 Å². The standard InChI is InChI=1S/C19H26FNO6/c1-6-25-15(22)19(20,16(23)26-7-2)14(13-11-9-8-10-12-13)21-17(24)27-18(3,4)5/h8-12,14H,6-7H2,1-5H3,(H,21,24). The zero-order valence-electron chi connectivity index (χ0n) is 16.2. The number of amides is 1. The Morgan fingerprint density at radius 2 is 1.48 bits per heavy atom. The van der Waals surface area contributed by atoms with E-state index in [1.54, 1.807) is 39.0 Å². The summed E-state index contributed by atoms with van der Waals surface area (Å²) in [6, 6.07) is 6.06. The molecule has 1 N–H and O–H groups in total. The first-order chi connectivity index (χ1) is 12.6. The van der Waals surface area contributed by atoms with Gasteiger partial charge in [-0.15, -0.1) is 0 Å². The van der Waals surface area contributed by atoms with E-state index >= 15 is 4.39 Å². The molecule has 0 aromatic heterocycles. The highest BCUT2D eigenvalue weighted by Crippen LogP contribution is 2.33. The number of alkyl carbamates (subject to hydrolysis) is 1. The van der Waals surface area contributed by atoms with Crippen molar-refractivity contribution < 1.29 is 33.0 Å². The van der Waals surface area contributed by atoms with Gasteiger partial charge < -0.3 is 19.5 Å². The zero-order chi connectivity index (χ0) is 20.7. The first-order valence-electron chi connectivity index (χ1n) is 8.64. The molecule has 7 nitrogen and oxygen atoms in total. The van der Waals surface area contributed by atoms with E-state index in [0.29, 0.717) is 0 Å². The number of hydrogen-bond donors (Lipinski definition) is 1. The van der Waals surface area contributed by atoms with Crippen LogP contribution in [0.15, 0.2) is 30.3 Å². The van der Waals surface area contributed by atoms with Crippen LogP contribution >= 0.6 is 0 Å². The summed E-state index contributed by atoms with van der Waals surface area (Å²) in [7, 11) is 0. The summed E-state index contributed by atoms with van der Waals surface area (Å²) < 4.78 is 30.5. The molecule has 0 aliphatic rings. The lowest BCUT2D eigenvalue weighted by Gasteiger charge is -2.31. The third-order valence-corrected chi connectivity index (χ3v) is 3.34. The lowest BCUT2D eigenvalue weighted by atomic mass is 9.90. The highest BCUT2D eigenvalue weighted by atomic mass is 19.1. The molecule has 0 bridgehead atoms. The molecule has 0 saturated carbocycles. The number of halogens is 1. The highest BCUT2D eigenvalue weighted by molar-refractivity contribution is 6.05. The third-order valence-electron chi connectivity index (χ3n) is 3.34. The van der Waals surface area contributed by atoms with Gasteiger partial charge in [-0.1, -0.05) is 30.3 Å². The molecule has 8 heteroatoms. The van der Waals surface area contributed by atoms with Crippen LogP contribution in [0.2, 0.25) is 0 Å². The van der Waals surface area contributed by atoms with Crippen molar-refractivity contribution >= 4 is 18.0 Å². The van der Waals surface area contributed by atoms with Gasteiger partial charge in [0, 0.05) is 0 Å². The number of nitrogens with one attached hydrogen (secondary N) is 1. The monoisotopic (exact) mass is 383 g/mol. The summed E-state index contributed by atoms with van der Waals surface area (Å²) in [5, 5.41) is 2.27. The highest BCUT2D eigenvalue weighted by Gasteiger charge is 2.58. The maximum Gasteiger partial charge on any atom is 0.408 e. The second-order valence-electron chi connectivity index (χ2n) is 6.64. The second kappa shape index (κ2) is 9.34. The van der Waals surface area contributed by atoms with Gasteiger partial charge in [0.2, 0.25) is 0 Å². The van der Waals surface area contributed by atoms with Gasteiger partial charge in [-0.3, -0.25) is 0 Å². The second-order valence-corrected chi connectivity index (χ2v) is 6.64. The molecule has 0 aliphatic heterocycles. The lowest BCUT2D eigenvalue weighted by molar-refractivity contribution is -0.177. The minimum atomic E-state index is -3.29. The fourth-order valence-electron chi connectivity index (χ4n) is 2.27. The molecule has 0 saturated heterocycles. The number of carbonyl (C=O) groups is 3. The van der Waals surface area contributed by atoms with Crippen molar-refractivity contribution in [2.45, 2.75) is 51.9 Å². The van der Waals surface area contributed by atoms with Crippen molar-refractivity contribution in [3.8, 4) is 0 Å². The summed E-state index contributed by atoms with van der Waals surface area (Å²) in [6.45, 7) is 7.52. The zero-order valence-corrected chi connectivity index (χ0v) is 16.2. The average Bonchev–Trinajstić information content (AvgIpc) is 2.58. The fraction of sp³-hybridized carbons (Fsp3) is 0.526. The number of esters is 2. The van der Waals surface area contributed by atoms with E-state index in [0.717, 1.165) is 0 Å². The first kappa shape index (κ1) is 22.4. The number of rotatable bonds is 7. The first-order valence-corrected chi connectivity index (χ1v) is 8.64. The van der Waals surface area contributed by atoms with Crippen LogP contribution in [0, 0.1) is 0 Å². The van der Waals surface area contributed by atoms with Gasteiger partial charge in [-0.2, -0.15) is 0 Å². The number of carbonyl (C=O) groups excluding carboxylic acids is 3. The minimum absolute atomic E-state index is 0.155. The van der Waals surface area contributed by atoms with E-state index in [1.807, 2.05) is 0 Å². The van der Waals surface area contributed by atoms with Gasteiger partial charge in [0.25, 0.3) is 0 Å². The Kier molecular flexibility index (Phi) is 7.75. The van der Waals surface area contributed by atoms with Crippen LogP contribution in [0.1, 0.15) is 46.2 Å². The van der Waals surface area contributed by atoms with Crippen LogP contribution in [-0.4, -0.2) is 42.5 Å². The van der Waals surface area contributed by atoms with Crippen LogP contribution in [0.4, 0.5) is 9.18 Å². The van der Waals surface area contributed by atoms with E-state index in [-0.39, 0.29) is 18.8 Å². The van der Waals surface area contributed by atoms with Crippen molar-refractivity contribution in [1.82, 2.24) is 5.32 Å². The fourth-order valence-corrected chi connectivity index (χ4v) is 2.27. The van der Waals surface area contributed by atoms with E-state index < -0.39 is 35.3 Å². The van der Waals surface area contributed by atoms with Crippen LogP contribution in [0.5, 0.6) is 0 Å². The topological polar surface area (TPSA) is 90.9 Å². The Hall–Kier alpha value is -2.64. The molecular formula is C19H26FNO6. The molecule has 1 amide bonds. The lowest BCUT2D eigenvalue weighted by Crippen LogP contribution is -2.55. The molecule has 0 radical (unpaired) electrons. The van der Waals surface area contributed by atoms with Crippen molar-refractivity contribution in [3.63, 3.8) is 0 Å². The van der Waals surface area contributed by atoms with Crippen LogP contribution in [-0.2, 0) is 23.8 Å². The predicted molar refractivity (Wildman–Crippen MR) is 95.7 cm³/mol. The largest absolute Gasteiger partial charge is 0.463 e. The van der Waals surface area contributed by atoms with E-state index in [2.05, 4.69) is 5.32 Å². The summed E-state index contributed by atoms with van der Waals surface area (Å²) >= 11 is 0. The molecule has 1 unspecified atom stereocenters. The summed E-state index contributed by atoms with van der Waals surface area (Å²) in [6.07, 6.45) is -0.994. The maximum atomic E-state index is 15.9. The van der Waals surface area contributed by atoms with Crippen LogP contribution in [0.3, 0.4) is 0 Å². The summed E-state index contributed by atoms with van der Waals surface area (Å²) in [5.41, 5.74) is -3.98. The molecule has 0 fully saturated rings. The molecular weight excluding hydrogens is 357 g/mol. The van der Waals surface area contributed by atoms with Crippen molar-refractivity contribution in [1.29, 1.82) is 0 Å². The number of alkyl halides is 1. The molecule has 0 spiro atoms. The van der Waals surface area contributed by atoms with Gasteiger partial charge in [0.15, 0.2) is 0 Å². The SMILES string of the molecule is CCOC(=O)C(F)(C(=O)OCC)C(NC(=O)OC(C)(C)C)c1ccccc1. The smallest absolute Gasteiger partial charge is 0.408 e. The van der Waals surface area contributed by atoms with Gasteiger partial charge in [0.05, 0.1) is 13.2 Å². The minimum Gasteiger partial charge on any atom is -0.463 e. The molecule has 150 valence electrons. The Morgan fingerprint density at radius 3 is 1.89 bits per heavy atom. The Morgan fingerprint density at radius 1 is 1.00 bits per heavy atom. The molecule has 1 rings (SSSR count). The maximum absolute atomic E-state index is 15.9. The Labute approximate surface area is 158 Å². The third kappa shape index (κ3) is 5.94. The molecule has 27 heavy (non-hydrogen) atoms. The van der Waals surface area contributed by atoms with Gasteiger partial charge in [0.1, 0.15) is 11.6 Å². The molecule has 1 aromatic rings.